The van der Waals surface area contributed by atoms with Crippen molar-refractivity contribution in [2.45, 2.75) is 0 Å². The van der Waals surface area contributed by atoms with Crippen LogP contribution in [0.5, 0.6) is 0 Å². The highest BCUT2D eigenvalue weighted by molar-refractivity contribution is 5.73. The summed E-state index contributed by atoms with van der Waals surface area (Å²) in [5.74, 6) is 0.784. The maximum atomic E-state index is 10.4. The minimum atomic E-state index is 0.633. The maximum Gasteiger partial charge on any atom is 0.214 e. The third-order valence-electron chi connectivity index (χ3n) is 1.73. The topological polar surface area (TPSA) is 39.3 Å². The fourth-order valence-corrected chi connectivity index (χ4v) is 1.12. The lowest BCUT2D eigenvalue weighted by atomic mass is 10.5. The van der Waals surface area contributed by atoms with Crippen molar-refractivity contribution in [1.82, 2.24) is 14.0 Å². The summed E-state index contributed by atoms with van der Waals surface area (Å²) in [6.07, 6.45) is 6.07. The zero-order chi connectivity index (χ0) is 7.84. The lowest BCUT2D eigenvalue weighted by molar-refractivity contribution is 0.111. The van der Waals surface area contributed by atoms with Gasteiger partial charge in [0.1, 0.15) is 5.69 Å². The van der Waals surface area contributed by atoms with E-state index in [2.05, 4.69) is 4.98 Å². The lowest BCUT2D eigenvalue weighted by Gasteiger charge is -1.90. The van der Waals surface area contributed by atoms with Crippen LogP contribution in [0.25, 0.3) is 5.78 Å². The van der Waals surface area contributed by atoms with Gasteiger partial charge in [-0.15, -0.1) is 0 Å². The summed E-state index contributed by atoms with van der Waals surface area (Å²) in [5.41, 5.74) is 0.633. The normalized spacial score (nSPS) is 10.6. The van der Waals surface area contributed by atoms with Gasteiger partial charge < -0.3 is 4.57 Å². The Balaban J connectivity index is 2.86. The van der Waals surface area contributed by atoms with Gasteiger partial charge in [0.2, 0.25) is 5.78 Å². The standard InChI is InChI=1S/C7H7N3O/c1-9-6(5-11)4-10-3-2-8-7(9)10/h2-5H,1H3. The molecule has 0 unspecified atom stereocenters. The van der Waals surface area contributed by atoms with Crippen LogP contribution in [0, 0.1) is 0 Å². The number of hydrogen-bond donors (Lipinski definition) is 0. The number of aromatic nitrogens is 3. The number of nitrogens with zero attached hydrogens (tertiary/aromatic N) is 3. The van der Waals surface area contributed by atoms with E-state index in [1.54, 1.807) is 17.0 Å². The largest absolute Gasteiger partial charge is 0.311 e. The monoisotopic (exact) mass is 149 g/mol. The Labute approximate surface area is 63.1 Å². The second-order valence-corrected chi connectivity index (χ2v) is 2.37. The van der Waals surface area contributed by atoms with E-state index in [0.717, 1.165) is 12.1 Å². The Morgan fingerprint density at radius 2 is 2.45 bits per heavy atom. The Morgan fingerprint density at radius 3 is 3.09 bits per heavy atom. The van der Waals surface area contributed by atoms with Gasteiger partial charge in [-0.05, 0) is 0 Å². The third kappa shape index (κ3) is 0.690. The van der Waals surface area contributed by atoms with Crippen LogP contribution in [-0.2, 0) is 7.05 Å². The van der Waals surface area contributed by atoms with E-state index in [4.69, 9.17) is 0 Å². The second-order valence-electron chi connectivity index (χ2n) is 2.37. The first-order valence-corrected chi connectivity index (χ1v) is 3.26. The summed E-state index contributed by atoms with van der Waals surface area (Å²) in [6.45, 7) is 0. The van der Waals surface area contributed by atoms with Crippen molar-refractivity contribution in [3.8, 4) is 0 Å². The number of rotatable bonds is 1. The van der Waals surface area contributed by atoms with E-state index in [-0.39, 0.29) is 0 Å². The zero-order valence-corrected chi connectivity index (χ0v) is 6.06. The van der Waals surface area contributed by atoms with Crippen LogP contribution in [0.2, 0.25) is 0 Å². The highest BCUT2D eigenvalue weighted by Gasteiger charge is 2.03. The van der Waals surface area contributed by atoms with E-state index in [1.165, 1.54) is 0 Å². The molecule has 4 nitrogen and oxygen atoms in total. The predicted molar refractivity (Wildman–Crippen MR) is 39.6 cm³/mol. The molecule has 0 saturated heterocycles. The molecule has 0 saturated carbocycles. The molecule has 0 spiro atoms. The first kappa shape index (κ1) is 6.15. The first-order chi connectivity index (χ1) is 5.33. The van der Waals surface area contributed by atoms with E-state index in [9.17, 15) is 4.79 Å². The number of fused-ring (bicyclic) bond motifs is 1. The summed E-state index contributed by atoms with van der Waals surface area (Å²) in [6, 6.07) is 0. The summed E-state index contributed by atoms with van der Waals surface area (Å²) < 4.78 is 3.55. The molecule has 56 valence electrons. The molecule has 0 N–H and O–H groups in total. The molecule has 2 rings (SSSR count). The fraction of sp³-hybridized carbons (Fsp3) is 0.143. The minimum absolute atomic E-state index is 0.633. The highest BCUT2D eigenvalue weighted by atomic mass is 16.1. The smallest absolute Gasteiger partial charge is 0.214 e. The summed E-state index contributed by atoms with van der Waals surface area (Å²) in [7, 11) is 1.81. The van der Waals surface area contributed by atoms with Gasteiger partial charge in [0, 0.05) is 25.6 Å². The average Bonchev–Trinajstić information content (AvgIpc) is 2.53. The molecule has 4 heteroatoms. The number of aldehydes is 1. The lowest BCUT2D eigenvalue weighted by Crippen LogP contribution is -1.93. The fourth-order valence-electron chi connectivity index (χ4n) is 1.12. The number of hydrogen-bond acceptors (Lipinski definition) is 2. The van der Waals surface area contributed by atoms with Crippen molar-refractivity contribution < 1.29 is 4.79 Å². The number of aryl methyl sites for hydroxylation is 1. The number of imidazole rings is 2. The molecular weight excluding hydrogens is 142 g/mol. The van der Waals surface area contributed by atoms with E-state index >= 15 is 0 Å². The molecule has 0 radical (unpaired) electrons. The molecule has 0 fully saturated rings. The van der Waals surface area contributed by atoms with Crippen LogP contribution in [0.15, 0.2) is 18.6 Å². The van der Waals surface area contributed by atoms with Crippen LogP contribution >= 0.6 is 0 Å². The SMILES string of the molecule is Cn1c(C=O)cn2ccnc12. The molecule has 0 amide bonds. The van der Waals surface area contributed by atoms with Gasteiger partial charge in [0.05, 0.1) is 0 Å². The summed E-state index contributed by atoms with van der Waals surface area (Å²) in [5, 5.41) is 0. The van der Waals surface area contributed by atoms with E-state index < -0.39 is 0 Å². The molecular formula is C7H7N3O. The van der Waals surface area contributed by atoms with Crippen LogP contribution in [0.4, 0.5) is 0 Å². The van der Waals surface area contributed by atoms with Crippen LogP contribution in [-0.4, -0.2) is 20.2 Å². The molecule has 0 aromatic carbocycles. The molecule has 0 aliphatic rings. The van der Waals surface area contributed by atoms with Crippen molar-refractivity contribution in [1.29, 1.82) is 0 Å². The summed E-state index contributed by atoms with van der Waals surface area (Å²) in [4.78, 5) is 14.5. The third-order valence-corrected chi connectivity index (χ3v) is 1.73. The molecule has 2 aromatic rings. The van der Waals surface area contributed by atoms with Crippen LogP contribution in [0.3, 0.4) is 0 Å². The molecule has 0 atom stereocenters. The molecule has 2 heterocycles. The van der Waals surface area contributed by atoms with Gasteiger partial charge in [-0.2, -0.15) is 0 Å². The first-order valence-electron chi connectivity index (χ1n) is 3.26. The molecule has 2 aromatic heterocycles. The van der Waals surface area contributed by atoms with Crippen molar-refractivity contribution in [3.05, 3.63) is 24.3 Å². The van der Waals surface area contributed by atoms with Crippen LogP contribution < -0.4 is 0 Å². The minimum Gasteiger partial charge on any atom is -0.311 e. The number of carbonyl (C=O) groups is 1. The maximum absolute atomic E-state index is 10.4. The van der Waals surface area contributed by atoms with Gasteiger partial charge >= 0.3 is 0 Å². The Bertz CT molecular complexity index is 399. The Hall–Kier alpha value is -1.58. The predicted octanol–water partition coefficient (Wildman–Crippen LogP) is 0.485. The quantitative estimate of drug-likeness (QED) is 0.553. The highest BCUT2D eigenvalue weighted by Crippen LogP contribution is 2.04. The van der Waals surface area contributed by atoms with Gasteiger partial charge in [0.15, 0.2) is 6.29 Å². The van der Waals surface area contributed by atoms with Gasteiger partial charge in [-0.25, -0.2) is 4.98 Å². The Morgan fingerprint density at radius 1 is 1.64 bits per heavy atom. The van der Waals surface area contributed by atoms with Gasteiger partial charge in [-0.1, -0.05) is 0 Å². The van der Waals surface area contributed by atoms with Crippen molar-refractivity contribution in [2.75, 3.05) is 0 Å². The number of carbonyl (C=O) groups excluding carboxylic acids is 1. The van der Waals surface area contributed by atoms with Crippen molar-refractivity contribution in [3.63, 3.8) is 0 Å². The molecule has 0 aliphatic carbocycles. The van der Waals surface area contributed by atoms with E-state index in [0.29, 0.717) is 5.69 Å². The summed E-state index contributed by atoms with van der Waals surface area (Å²) >= 11 is 0. The molecule has 0 bridgehead atoms. The van der Waals surface area contributed by atoms with Crippen LogP contribution in [0.1, 0.15) is 10.5 Å². The molecule has 11 heavy (non-hydrogen) atoms. The van der Waals surface area contributed by atoms with E-state index in [1.807, 2.05) is 17.6 Å². The zero-order valence-electron chi connectivity index (χ0n) is 6.06. The average molecular weight is 149 g/mol. The Kier molecular flexibility index (Phi) is 1.09. The van der Waals surface area contributed by atoms with Gasteiger partial charge in [0.25, 0.3) is 0 Å². The molecule has 0 aliphatic heterocycles. The second kappa shape index (κ2) is 1.95. The van der Waals surface area contributed by atoms with Crippen molar-refractivity contribution in [2.24, 2.45) is 7.05 Å². The van der Waals surface area contributed by atoms with Gasteiger partial charge in [-0.3, -0.25) is 9.20 Å². The van der Waals surface area contributed by atoms with Crippen molar-refractivity contribution >= 4 is 12.1 Å².